The van der Waals surface area contributed by atoms with Gasteiger partial charge < -0.3 is 18.6 Å². The molecule has 0 spiro atoms. The number of hydrogen-bond donors (Lipinski definition) is 0. The molecule has 0 radical (unpaired) electrons. The summed E-state index contributed by atoms with van der Waals surface area (Å²) in [5.74, 6) is 0.00110. The Kier molecular flexibility index (Phi) is 9.87. The minimum Gasteiger partial charge on any atom is -0.495 e. The molecule has 0 aliphatic heterocycles. The average molecular weight is 493 g/mol. The largest absolute Gasteiger partial charge is 0.495 e. The number of esters is 2. The first-order valence-corrected chi connectivity index (χ1v) is 12.4. The van der Waals surface area contributed by atoms with Crippen molar-refractivity contribution in [3.8, 4) is 0 Å². The quantitative estimate of drug-likeness (QED) is 0.185. The van der Waals surface area contributed by atoms with Crippen LogP contribution in [0.4, 0.5) is 0 Å². The van der Waals surface area contributed by atoms with Crippen LogP contribution in [0.2, 0.25) is 0 Å². The highest BCUT2D eigenvalue weighted by Gasteiger charge is 2.58. The Morgan fingerprint density at radius 2 is 1.49 bits per heavy atom. The third-order valence-electron chi connectivity index (χ3n) is 8.36. The third kappa shape index (κ3) is 6.71. The van der Waals surface area contributed by atoms with Crippen molar-refractivity contribution in [2.75, 3.05) is 20.3 Å². The average Bonchev–Trinajstić information content (AvgIpc) is 3.28. The summed E-state index contributed by atoms with van der Waals surface area (Å²) < 4.78 is 21.7. The van der Waals surface area contributed by atoms with E-state index < -0.39 is 16.8 Å². The van der Waals surface area contributed by atoms with Gasteiger partial charge in [0.15, 0.2) is 0 Å². The molecule has 35 heavy (non-hydrogen) atoms. The third-order valence-corrected chi connectivity index (χ3v) is 8.36. The van der Waals surface area contributed by atoms with E-state index in [4.69, 9.17) is 18.6 Å². The number of allylic oxidation sites excluding steroid dienone is 1. The lowest BCUT2D eigenvalue weighted by atomic mass is 9.48. The zero-order valence-corrected chi connectivity index (χ0v) is 24.0. The Balaban J connectivity index is 3.15. The predicted molar refractivity (Wildman–Crippen MR) is 139 cm³/mol. The molecule has 0 saturated heterocycles. The summed E-state index contributed by atoms with van der Waals surface area (Å²) in [6.45, 7) is 28.1. The molecule has 0 saturated carbocycles. The van der Waals surface area contributed by atoms with Gasteiger partial charge in [0.05, 0.1) is 24.5 Å². The monoisotopic (exact) mass is 492 g/mol. The molecule has 6 nitrogen and oxygen atoms in total. The Labute approximate surface area is 212 Å². The number of methoxy groups -OCH3 is 1. The topological polar surface area (TPSA) is 75.0 Å². The molecule has 4 unspecified atom stereocenters. The zero-order valence-electron chi connectivity index (χ0n) is 24.0. The molecule has 0 fully saturated rings. The first-order valence-electron chi connectivity index (χ1n) is 12.4. The summed E-state index contributed by atoms with van der Waals surface area (Å²) in [7, 11) is 1.46. The van der Waals surface area contributed by atoms with Crippen LogP contribution >= 0.6 is 0 Å². The van der Waals surface area contributed by atoms with Crippen LogP contribution in [0.3, 0.4) is 0 Å². The fourth-order valence-corrected chi connectivity index (χ4v) is 5.34. The molecule has 0 aromatic carbocycles. The van der Waals surface area contributed by atoms with Crippen LogP contribution in [-0.4, -0.2) is 32.3 Å². The SMILES string of the molecule is C=C(OCCOC(=O)c1ccco1)C(C(C)C(C)(C)C(C)(C(=O)OC)C(C)C(C)(C)C)C(C)(C)C. The Hall–Kier alpha value is -2.24. The molecule has 1 aromatic rings. The van der Waals surface area contributed by atoms with Crippen molar-refractivity contribution in [2.45, 2.75) is 76.2 Å². The van der Waals surface area contributed by atoms with Crippen molar-refractivity contribution in [1.82, 2.24) is 0 Å². The van der Waals surface area contributed by atoms with Crippen LogP contribution in [0.5, 0.6) is 0 Å². The van der Waals surface area contributed by atoms with E-state index in [0.29, 0.717) is 5.76 Å². The Bertz CT molecular complexity index is 853. The van der Waals surface area contributed by atoms with Crippen molar-refractivity contribution in [1.29, 1.82) is 0 Å². The fraction of sp³-hybridized carbons (Fsp3) is 0.724. The summed E-state index contributed by atoms with van der Waals surface area (Å²) in [6.07, 6.45) is 1.43. The van der Waals surface area contributed by atoms with Crippen molar-refractivity contribution >= 4 is 11.9 Å². The van der Waals surface area contributed by atoms with Gasteiger partial charge in [0, 0.05) is 5.92 Å². The highest BCUT2D eigenvalue weighted by molar-refractivity contribution is 5.86. The van der Waals surface area contributed by atoms with Crippen LogP contribution in [0, 0.1) is 39.4 Å². The molecule has 1 heterocycles. The van der Waals surface area contributed by atoms with Crippen LogP contribution in [0.1, 0.15) is 86.7 Å². The molecule has 1 rings (SSSR count). The van der Waals surface area contributed by atoms with Gasteiger partial charge in [0.1, 0.15) is 13.2 Å². The molecular formula is C29H48O6. The van der Waals surface area contributed by atoms with E-state index in [2.05, 4.69) is 75.8 Å². The van der Waals surface area contributed by atoms with E-state index in [1.165, 1.54) is 13.4 Å². The Morgan fingerprint density at radius 1 is 0.943 bits per heavy atom. The van der Waals surface area contributed by atoms with E-state index in [1.807, 2.05) is 6.92 Å². The Morgan fingerprint density at radius 3 is 1.91 bits per heavy atom. The summed E-state index contributed by atoms with van der Waals surface area (Å²) in [4.78, 5) is 25.3. The van der Waals surface area contributed by atoms with Crippen LogP contribution in [0.25, 0.3) is 0 Å². The van der Waals surface area contributed by atoms with E-state index in [9.17, 15) is 9.59 Å². The normalized spacial score (nSPS) is 17.0. The summed E-state index contributed by atoms with van der Waals surface area (Å²) in [5, 5.41) is 0. The number of ether oxygens (including phenoxy) is 3. The number of carbonyl (C=O) groups is 2. The molecule has 1 aromatic heterocycles. The molecule has 0 aliphatic rings. The second kappa shape index (κ2) is 11.2. The molecule has 200 valence electrons. The minimum atomic E-state index is -0.762. The van der Waals surface area contributed by atoms with Crippen molar-refractivity contribution < 1.29 is 28.2 Å². The highest BCUT2D eigenvalue weighted by atomic mass is 16.6. The second-order valence-corrected chi connectivity index (χ2v) is 12.6. The van der Waals surface area contributed by atoms with Gasteiger partial charge in [-0.05, 0) is 47.1 Å². The standard InChI is InChI=1S/C29H48O6/c1-19(28(10,11)29(12,25(31)32-13)21(3)26(4,5)6)23(27(7,8)9)20(2)33-17-18-35-24(30)22-15-14-16-34-22/h14-16,19,21,23H,2,17-18H2,1,3-13H3. The van der Waals surface area contributed by atoms with Gasteiger partial charge in [-0.1, -0.05) is 75.8 Å². The van der Waals surface area contributed by atoms with Gasteiger partial charge in [-0.2, -0.15) is 0 Å². The fourth-order valence-electron chi connectivity index (χ4n) is 5.34. The lowest BCUT2D eigenvalue weighted by Crippen LogP contribution is -2.55. The summed E-state index contributed by atoms with van der Waals surface area (Å²) in [5.41, 5.74) is -1.53. The van der Waals surface area contributed by atoms with Gasteiger partial charge >= 0.3 is 11.9 Å². The lowest BCUT2D eigenvalue weighted by Gasteiger charge is -2.55. The van der Waals surface area contributed by atoms with Crippen LogP contribution < -0.4 is 0 Å². The minimum absolute atomic E-state index is 0.00886. The van der Waals surface area contributed by atoms with Crippen LogP contribution in [-0.2, 0) is 19.0 Å². The first kappa shape index (κ1) is 30.8. The number of carbonyl (C=O) groups excluding carboxylic acids is 2. The molecule has 6 heteroatoms. The van der Waals surface area contributed by atoms with E-state index in [1.54, 1.807) is 12.1 Å². The number of hydrogen-bond acceptors (Lipinski definition) is 6. The second-order valence-electron chi connectivity index (χ2n) is 12.6. The predicted octanol–water partition coefficient (Wildman–Crippen LogP) is 7.15. The van der Waals surface area contributed by atoms with E-state index in [-0.39, 0.29) is 53.5 Å². The molecule has 0 bridgehead atoms. The maximum atomic E-state index is 13.4. The lowest BCUT2D eigenvalue weighted by molar-refractivity contribution is -0.176. The zero-order chi connectivity index (χ0) is 27.4. The van der Waals surface area contributed by atoms with Gasteiger partial charge in [-0.15, -0.1) is 0 Å². The van der Waals surface area contributed by atoms with Gasteiger partial charge in [0.2, 0.25) is 5.76 Å². The summed E-state index contributed by atoms with van der Waals surface area (Å²) in [6, 6.07) is 3.19. The molecule has 4 atom stereocenters. The van der Waals surface area contributed by atoms with Gasteiger partial charge in [0.25, 0.3) is 0 Å². The molecular weight excluding hydrogens is 444 g/mol. The van der Waals surface area contributed by atoms with E-state index in [0.717, 1.165) is 0 Å². The number of rotatable bonds is 11. The van der Waals surface area contributed by atoms with Gasteiger partial charge in [-0.3, -0.25) is 4.79 Å². The summed E-state index contributed by atoms with van der Waals surface area (Å²) >= 11 is 0. The smallest absolute Gasteiger partial charge is 0.374 e. The molecule has 0 aliphatic carbocycles. The highest BCUT2D eigenvalue weighted by Crippen LogP contribution is 2.58. The van der Waals surface area contributed by atoms with Crippen LogP contribution in [0.15, 0.2) is 35.2 Å². The molecule has 0 amide bonds. The van der Waals surface area contributed by atoms with Gasteiger partial charge in [-0.25, -0.2) is 4.79 Å². The van der Waals surface area contributed by atoms with Crippen molar-refractivity contribution in [3.05, 3.63) is 36.5 Å². The van der Waals surface area contributed by atoms with Crippen molar-refractivity contribution in [3.63, 3.8) is 0 Å². The van der Waals surface area contributed by atoms with E-state index >= 15 is 0 Å². The first-order chi connectivity index (χ1) is 15.8. The maximum absolute atomic E-state index is 13.4. The maximum Gasteiger partial charge on any atom is 0.374 e. The molecule has 0 N–H and O–H groups in total. The number of furan rings is 1. The van der Waals surface area contributed by atoms with Crippen molar-refractivity contribution in [2.24, 2.45) is 39.4 Å².